The Morgan fingerprint density at radius 2 is 2.22 bits per heavy atom. The van der Waals surface area contributed by atoms with Crippen molar-refractivity contribution in [2.75, 3.05) is 36.2 Å². The Morgan fingerprint density at radius 1 is 1.39 bits per heavy atom. The Balaban J connectivity index is 1.94. The van der Waals surface area contributed by atoms with Gasteiger partial charge >= 0.3 is 0 Å². The summed E-state index contributed by atoms with van der Waals surface area (Å²) in [4.78, 5) is 8.84. The van der Waals surface area contributed by atoms with Crippen molar-refractivity contribution in [1.82, 2.24) is 9.97 Å². The van der Waals surface area contributed by atoms with Crippen molar-refractivity contribution in [1.29, 1.82) is 0 Å². The highest BCUT2D eigenvalue weighted by Crippen LogP contribution is 2.25. The number of thioether (sulfide) groups is 2. The molecule has 100 valence electrons. The highest BCUT2D eigenvalue weighted by atomic mass is 32.2. The summed E-state index contributed by atoms with van der Waals surface area (Å²) in [5, 5.41) is 8.04. The number of aromatic nitrogens is 2. The summed E-state index contributed by atoms with van der Waals surface area (Å²) < 4.78 is 0. The van der Waals surface area contributed by atoms with Crippen LogP contribution in [-0.4, -0.2) is 40.8 Å². The average molecular weight is 284 g/mol. The third-order valence-corrected chi connectivity index (χ3v) is 4.88. The Labute approximate surface area is 117 Å². The van der Waals surface area contributed by atoms with E-state index in [4.69, 9.17) is 0 Å². The molecule has 0 radical (unpaired) electrons. The van der Waals surface area contributed by atoms with Crippen LogP contribution >= 0.6 is 23.5 Å². The zero-order valence-corrected chi connectivity index (χ0v) is 12.5. The molecule has 0 aliphatic carbocycles. The van der Waals surface area contributed by atoms with Crippen LogP contribution in [0.3, 0.4) is 0 Å². The first-order valence-electron chi connectivity index (χ1n) is 6.28. The maximum absolute atomic E-state index is 4.48. The Hall–Kier alpha value is -0.620. The predicted molar refractivity (Wildman–Crippen MR) is 81.9 cm³/mol. The van der Waals surface area contributed by atoms with Crippen LogP contribution in [0.2, 0.25) is 0 Å². The molecule has 1 aromatic rings. The number of nitrogens with one attached hydrogen (secondary N) is 2. The SMILES string of the molecule is CNc1cc(NCC2CCCCS2)nc(SC)n1. The lowest BCUT2D eigenvalue weighted by atomic mass is 10.2. The zero-order valence-electron chi connectivity index (χ0n) is 10.9. The molecule has 1 atom stereocenters. The minimum atomic E-state index is 0.726. The molecule has 1 aromatic heterocycles. The van der Waals surface area contributed by atoms with Crippen molar-refractivity contribution in [2.24, 2.45) is 0 Å². The van der Waals surface area contributed by atoms with Gasteiger partial charge in [0.05, 0.1) is 0 Å². The van der Waals surface area contributed by atoms with E-state index in [-0.39, 0.29) is 0 Å². The lowest BCUT2D eigenvalue weighted by molar-refractivity contribution is 0.676. The van der Waals surface area contributed by atoms with Gasteiger partial charge in [-0.2, -0.15) is 11.8 Å². The molecule has 4 nitrogen and oxygen atoms in total. The van der Waals surface area contributed by atoms with Crippen LogP contribution in [0, 0.1) is 0 Å². The van der Waals surface area contributed by atoms with Crippen LogP contribution in [-0.2, 0) is 0 Å². The van der Waals surface area contributed by atoms with Gasteiger partial charge in [0, 0.05) is 24.9 Å². The molecule has 1 saturated heterocycles. The van der Waals surface area contributed by atoms with Crippen molar-refractivity contribution in [3.63, 3.8) is 0 Å². The second-order valence-electron chi connectivity index (χ2n) is 4.24. The molecule has 0 bridgehead atoms. The zero-order chi connectivity index (χ0) is 12.8. The van der Waals surface area contributed by atoms with Gasteiger partial charge in [0.15, 0.2) is 5.16 Å². The van der Waals surface area contributed by atoms with Gasteiger partial charge < -0.3 is 10.6 Å². The molecular formula is C12H20N4S2. The van der Waals surface area contributed by atoms with Gasteiger partial charge in [0.25, 0.3) is 0 Å². The summed E-state index contributed by atoms with van der Waals surface area (Å²) in [6.07, 6.45) is 6.04. The molecule has 0 spiro atoms. The maximum Gasteiger partial charge on any atom is 0.191 e. The molecule has 2 N–H and O–H groups in total. The molecule has 1 aliphatic heterocycles. The fraction of sp³-hybridized carbons (Fsp3) is 0.667. The fourth-order valence-electron chi connectivity index (χ4n) is 1.92. The number of hydrogen-bond donors (Lipinski definition) is 2. The second kappa shape index (κ2) is 7.09. The summed E-state index contributed by atoms with van der Waals surface area (Å²) in [5.41, 5.74) is 0. The van der Waals surface area contributed by atoms with E-state index < -0.39 is 0 Å². The standard InChI is InChI=1S/C12H20N4S2/c1-13-10-7-11(16-12(15-10)17-2)14-8-9-5-3-4-6-18-9/h7,9H,3-6,8H2,1-2H3,(H2,13,14,15,16). The molecule has 18 heavy (non-hydrogen) atoms. The van der Waals surface area contributed by atoms with Crippen LogP contribution in [0.1, 0.15) is 19.3 Å². The van der Waals surface area contributed by atoms with Crippen LogP contribution in [0.4, 0.5) is 11.6 Å². The quantitative estimate of drug-likeness (QED) is 0.640. The minimum Gasteiger partial charge on any atom is -0.373 e. The summed E-state index contributed by atoms with van der Waals surface area (Å²) in [5.74, 6) is 3.09. The molecule has 0 aromatic carbocycles. The third-order valence-electron chi connectivity index (χ3n) is 2.93. The molecule has 1 unspecified atom stereocenters. The van der Waals surface area contributed by atoms with Gasteiger partial charge in [-0.3, -0.25) is 0 Å². The summed E-state index contributed by atoms with van der Waals surface area (Å²) in [6, 6.07) is 1.97. The third kappa shape index (κ3) is 3.95. The lowest BCUT2D eigenvalue weighted by Crippen LogP contribution is -2.20. The van der Waals surface area contributed by atoms with E-state index in [1.54, 1.807) is 11.8 Å². The lowest BCUT2D eigenvalue weighted by Gasteiger charge is -2.21. The van der Waals surface area contributed by atoms with Crippen molar-refractivity contribution in [2.45, 2.75) is 29.7 Å². The van der Waals surface area contributed by atoms with Gasteiger partial charge in [0.1, 0.15) is 11.6 Å². The molecule has 0 amide bonds. The minimum absolute atomic E-state index is 0.726. The highest BCUT2D eigenvalue weighted by Gasteiger charge is 2.14. The Kier molecular flexibility index (Phi) is 5.44. The highest BCUT2D eigenvalue weighted by molar-refractivity contribution is 8.00. The van der Waals surface area contributed by atoms with E-state index >= 15 is 0 Å². The Bertz CT molecular complexity index is 358. The number of anilines is 2. The molecule has 1 aliphatic rings. The smallest absolute Gasteiger partial charge is 0.191 e. The van der Waals surface area contributed by atoms with E-state index in [2.05, 4.69) is 32.4 Å². The van der Waals surface area contributed by atoms with Crippen molar-refractivity contribution >= 4 is 35.2 Å². The summed E-state index contributed by atoms with van der Waals surface area (Å²) >= 11 is 3.64. The van der Waals surface area contributed by atoms with Crippen LogP contribution in [0.15, 0.2) is 11.2 Å². The van der Waals surface area contributed by atoms with E-state index in [1.165, 1.54) is 25.0 Å². The number of rotatable bonds is 5. The maximum atomic E-state index is 4.48. The summed E-state index contributed by atoms with van der Waals surface area (Å²) in [6.45, 7) is 0.999. The first-order valence-corrected chi connectivity index (χ1v) is 8.55. The van der Waals surface area contributed by atoms with Crippen molar-refractivity contribution in [3.8, 4) is 0 Å². The van der Waals surface area contributed by atoms with Crippen LogP contribution in [0.5, 0.6) is 0 Å². The van der Waals surface area contributed by atoms with E-state index in [1.807, 2.05) is 19.4 Å². The van der Waals surface area contributed by atoms with Gasteiger partial charge in [0.2, 0.25) is 0 Å². The fourth-order valence-corrected chi connectivity index (χ4v) is 3.54. The second-order valence-corrected chi connectivity index (χ2v) is 6.43. The molecular weight excluding hydrogens is 264 g/mol. The largest absolute Gasteiger partial charge is 0.373 e. The topological polar surface area (TPSA) is 49.8 Å². The van der Waals surface area contributed by atoms with Gasteiger partial charge in [-0.25, -0.2) is 9.97 Å². The number of nitrogens with zero attached hydrogens (tertiary/aromatic N) is 2. The Morgan fingerprint density at radius 3 is 2.89 bits per heavy atom. The van der Waals surface area contributed by atoms with Crippen molar-refractivity contribution in [3.05, 3.63) is 6.07 Å². The van der Waals surface area contributed by atoms with Gasteiger partial charge in [-0.05, 0) is 24.9 Å². The van der Waals surface area contributed by atoms with Crippen LogP contribution < -0.4 is 10.6 Å². The van der Waals surface area contributed by atoms with Crippen molar-refractivity contribution < 1.29 is 0 Å². The van der Waals surface area contributed by atoms with E-state index in [9.17, 15) is 0 Å². The molecule has 2 rings (SSSR count). The molecule has 2 heterocycles. The average Bonchev–Trinajstić information content (AvgIpc) is 2.45. The van der Waals surface area contributed by atoms with Gasteiger partial charge in [-0.15, -0.1) is 0 Å². The van der Waals surface area contributed by atoms with Gasteiger partial charge in [-0.1, -0.05) is 18.2 Å². The molecule has 1 fully saturated rings. The number of hydrogen-bond acceptors (Lipinski definition) is 6. The van der Waals surface area contributed by atoms with E-state index in [0.29, 0.717) is 0 Å². The van der Waals surface area contributed by atoms with E-state index in [0.717, 1.165) is 28.6 Å². The molecule has 0 saturated carbocycles. The van der Waals surface area contributed by atoms with Crippen LogP contribution in [0.25, 0.3) is 0 Å². The first kappa shape index (κ1) is 13.8. The normalized spacial score (nSPS) is 19.6. The first-order chi connectivity index (χ1) is 8.81. The predicted octanol–water partition coefficient (Wildman–Crippen LogP) is 2.94. The summed E-state index contributed by atoms with van der Waals surface area (Å²) in [7, 11) is 1.88. The monoisotopic (exact) mass is 284 g/mol. The molecule has 6 heteroatoms.